The number of halogens is 1. The molecule has 0 amide bonds. The van der Waals surface area contributed by atoms with E-state index >= 15 is 0 Å². The summed E-state index contributed by atoms with van der Waals surface area (Å²) < 4.78 is 11.1. The highest BCUT2D eigenvalue weighted by molar-refractivity contribution is 14.0. The van der Waals surface area contributed by atoms with Crippen LogP contribution in [-0.4, -0.2) is 63.8 Å². The van der Waals surface area contributed by atoms with Crippen LogP contribution in [0.5, 0.6) is 5.75 Å². The number of aliphatic imine (C=N–C) groups is 1. The van der Waals surface area contributed by atoms with Crippen LogP contribution in [0, 0.1) is 0 Å². The molecule has 1 heterocycles. The molecule has 1 aromatic carbocycles. The van der Waals surface area contributed by atoms with Crippen molar-refractivity contribution in [3.05, 3.63) is 42.0 Å². The lowest BCUT2D eigenvalue weighted by Crippen LogP contribution is -2.49. The number of ether oxygens (including phenoxy) is 2. The van der Waals surface area contributed by atoms with Gasteiger partial charge < -0.3 is 20.1 Å². The van der Waals surface area contributed by atoms with Crippen LogP contribution in [0.2, 0.25) is 0 Å². The highest BCUT2D eigenvalue weighted by Gasteiger charge is 2.19. The van der Waals surface area contributed by atoms with Gasteiger partial charge in [-0.15, -0.1) is 24.0 Å². The van der Waals surface area contributed by atoms with Crippen molar-refractivity contribution in [3.63, 3.8) is 0 Å². The maximum atomic E-state index is 5.76. The molecule has 1 saturated heterocycles. The Labute approximate surface area is 186 Å². The second-order valence-corrected chi connectivity index (χ2v) is 7.02. The first-order chi connectivity index (χ1) is 13.1. The maximum absolute atomic E-state index is 5.76. The summed E-state index contributed by atoms with van der Waals surface area (Å²) in [5.74, 6) is 1.70. The van der Waals surface area contributed by atoms with E-state index in [2.05, 4.69) is 34.0 Å². The van der Waals surface area contributed by atoms with E-state index in [9.17, 15) is 0 Å². The van der Waals surface area contributed by atoms with Gasteiger partial charge in [-0.2, -0.15) is 0 Å². The second kappa shape index (κ2) is 13.8. The Kier molecular flexibility index (Phi) is 12.2. The topological polar surface area (TPSA) is 58.1 Å². The van der Waals surface area contributed by atoms with Crippen molar-refractivity contribution in [2.45, 2.75) is 32.4 Å². The first-order valence-corrected chi connectivity index (χ1v) is 9.66. The summed E-state index contributed by atoms with van der Waals surface area (Å²) in [6, 6.07) is 8.39. The molecule has 0 atom stereocenters. The highest BCUT2D eigenvalue weighted by atomic mass is 127. The van der Waals surface area contributed by atoms with Crippen molar-refractivity contribution in [2.24, 2.45) is 4.99 Å². The summed E-state index contributed by atoms with van der Waals surface area (Å²) in [6.07, 6.45) is 2.25. The molecule has 1 fully saturated rings. The summed E-state index contributed by atoms with van der Waals surface area (Å²) >= 11 is 0. The van der Waals surface area contributed by atoms with Crippen LogP contribution in [0.1, 0.15) is 25.3 Å². The molecule has 0 radical (unpaired) electrons. The minimum absolute atomic E-state index is 0. The normalized spacial score (nSPS) is 15.6. The number of methoxy groups -OCH3 is 1. The molecule has 0 spiro atoms. The van der Waals surface area contributed by atoms with Crippen molar-refractivity contribution < 1.29 is 9.47 Å². The molecule has 158 valence electrons. The molecule has 0 saturated carbocycles. The van der Waals surface area contributed by atoms with E-state index in [1.807, 2.05) is 24.3 Å². The van der Waals surface area contributed by atoms with Gasteiger partial charge in [-0.3, -0.25) is 9.89 Å². The van der Waals surface area contributed by atoms with E-state index in [0.717, 1.165) is 49.7 Å². The lowest BCUT2D eigenvalue weighted by molar-refractivity contribution is 0.123. The number of guanidine groups is 1. The van der Waals surface area contributed by atoms with Gasteiger partial charge >= 0.3 is 0 Å². The number of likely N-dealkylation sites (tertiary alicyclic amines) is 1. The third-order valence-electron chi connectivity index (χ3n) is 4.63. The van der Waals surface area contributed by atoms with E-state index in [-0.39, 0.29) is 24.0 Å². The van der Waals surface area contributed by atoms with Crippen LogP contribution >= 0.6 is 24.0 Å². The van der Waals surface area contributed by atoms with Gasteiger partial charge in [-0.05, 0) is 25.8 Å². The van der Waals surface area contributed by atoms with Gasteiger partial charge in [0.05, 0.1) is 20.3 Å². The van der Waals surface area contributed by atoms with E-state index in [4.69, 9.17) is 9.47 Å². The number of piperidine rings is 1. The molecule has 2 N–H and O–H groups in total. The number of benzene rings is 1. The largest absolute Gasteiger partial charge is 0.496 e. The van der Waals surface area contributed by atoms with Crippen molar-refractivity contribution in [1.82, 2.24) is 15.5 Å². The maximum Gasteiger partial charge on any atom is 0.191 e. The lowest BCUT2D eigenvalue weighted by Gasteiger charge is -2.33. The molecule has 1 aromatic rings. The molecule has 0 bridgehead atoms. The molecule has 1 aliphatic heterocycles. The van der Waals surface area contributed by atoms with Crippen LogP contribution in [0.15, 0.2) is 41.4 Å². The molecule has 1 aliphatic rings. The Morgan fingerprint density at radius 3 is 2.64 bits per heavy atom. The Morgan fingerprint density at radius 1 is 1.29 bits per heavy atom. The number of nitrogens with one attached hydrogen (secondary N) is 2. The monoisotopic (exact) mass is 502 g/mol. The average molecular weight is 502 g/mol. The van der Waals surface area contributed by atoms with Crippen molar-refractivity contribution >= 4 is 29.9 Å². The number of nitrogens with zero attached hydrogens (tertiary/aromatic N) is 2. The molecular weight excluding hydrogens is 467 g/mol. The Hall–Kier alpha value is -1.32. The lowest BCUT2D eigenvalue weighted by atomic mass is 10.0. The summed E-state index contributed by atoms with van der Waals surface area (Å²) in [4.78, 5) is 6.78. The molecular formula is C21H35IN4O2. The zero-order valence-corrected chi connectivity index (χ0v) is 19.7. The van der Waals surface area contributed by atoms with Gasteiger partial charge in [0.15, 0.2) is 5.96 Å². The molecule has 7 heteroatoms. The first kappa shape index (κ1) is 24.7. The number of para-hydroxylation sites is 1. The van der Waals surface area contributed by atoms with E-state index in [0.29, 0.717) is 25.8 Å². The zero-order valence-electron chi connectivity index (χ0n) is 17.4. The molecule has 0 aliphatic carbocycles. The van der Waals surface area contributed by atoms with Gasteiger partial charge in [0.1, 0.15) is 5.75 Å². The quantitative estimate of drug-likeness (QED) is 0.179. The van der Waals surface area contributed by atoms with Crippen molar-refractivity contribution in [2.75, 3.05) is 46.9 Å². The third kappa shape index (κ3) is 8.79. The van der Waals surface area contributed by atoms with E-state index in [1.165, 1.54) is 5.57 Å². The van der Waals surface area contributed by atoms with Crippen molar-refractivity contribution in [1.29, 1.82) is 0 Å². The number of hydrogen-bond acceptors (Lipinski definition) is 4. The van der Waals surface area contributed by atoms with E-state index in [1.54, 1.807) is 14.2 Å². The Balaban J connectivity index is 0.00000392. The fourth-order valence-electron chi connectivity index (χ4n) is 3.25. The van der Waals surface area contributed by atoms with Crippen LogP contribution in [-0.2, 0) is 11.3 Å². The summed E-state index contributed by atoms with van der Waals surface area (Å²) in [7, 11) is 3.49. The van der Waals surface area contributed by atoms with Gasteiger partial charge in [0.2, 0.25) is 0 Å². The van der Waals surface area contributed by atoms with Gasteiger partial charge in [0.25, 0.3) is 0 Å². The van der Waals surface area contributed by atoms with Gasteiger partial charge in [-0.25, -0.2) is 0 Å². The van der Waals surface area contributed by atoms with Crippen molar-refractivity contribution in [3.8, 4) is 5.75 Å². The molecule has 28 heavy (non-hydrogen) atoms. The van der Waals surface area contributed by atoms with Crippen LogP contribution < -0.4 is 15.4 Å². The third-order valence-corrected chi connectivity index (χ3v) is 4.63. The minimum atomic E-state index is 0. The summed E-state index contributed by atoms with van der Waals surface area (Å²) in [5.41, 5.74) is 2.29. The summed E-state index contributed by atoms with van der Waals surface area (Å²) in [6.45, 7) is 11.2. The smallest absolute Gasteiger partial charge is 0.191 e. The second-order valence-electron chi connectivity index (χ2n) is 7.02. The SMILES string of the molecule is C=C(C)CN1CCC(NC(=NC)NCCOCc2ccccc2OC)CC1.I. The first-order valence-electron chi connectivity index (χ1n) is 9.66. The van der Waals surface area contributed by atoms with E-state index < -0.39 is 0 Å². The fourth-order valence-corrected chi connectivity index (χ4v) is 3.25. The Morgan fingerprint density at radius 2 is 2.00 bits per heavy atom. The molecule has 6 nitrogen and oxygen atoms in total. The van der Waals surface area contributed by atoms with Gasteiger partial charge in [-0.1, -0.05) is 30.4 Å². The predicted molar refractivity (Wildman–Crippen MR) is 127 cm³/mol. The number of rotatable bonds is 9. The average Bonchev–Trinajstić information content (AvgIpc) is 2.68. The van der Waals surface area contributed by atoms with Gasteiger partial charge in [0, 0.05) is 44.8 Å². The standard InChI is InChI=1S/C21H34N4O2.HI/c1-17(2)15-25-12-9-19(10-13-25)24-21(22-3)23-11-14-27-16-18-7-5-6-8-20(18)26-4;/h5-8,19H,1,9-16H2,2-4H3,(H2,22,23,24);1H. The summed E-state index contributed by atoms with van der Waals surface area (Å²) in [5, 5.41) is 6.85. The fraction of sp³-hybridized carbons (Fsp3) is 0.571. The van der Waals surface area contributed by atoms with Crippen LogP contribution in [0.4, 0.5) is 0 Å². The predicted octanol–water partition coefficient (Wildman–Crippen LogP) is 3.04. The minimum Gasteiger partial charge on any atom is -0.496 e. The van der Waals surface area contributed by atoms with Crippen LogP contribution in [0.3, 0.4) is 0 Å². The zero-order chi connectivity index (χ0) is 19.5. The highest BCUT2D eigenvalue weighted by Crippen LogP contribution is 2.17. The number of hydrogen-bond donors (Lipinski definition) is 2. The molecule has 0 unspecified atom stereocenters. The van der Waals surface area contributed by atoms with Crippen LogP contribution in [0.25, 0.3) is 0 Å². The Bertz CT molecular complexity index is 616. The molecule has 0 aromatic heterocycles. The molecule has 2 rings (SSSR count).